The van der Waals surface area contributed by atoms with E-state index in [0.717, 1.165) is 6.54 Å². The molecule has 0 radical (unpaired) electrons. The Kier molecular flexibility index (Phi) is 3.87. The minimum Gasteiger partial charge on any atom is -0.384 e. The Balaban J connectivity index is 1.95. The molecule has 0 aromatic heterocycles. The van der Waals surface area contributed by atoms with Crippen LogP contribution < -0.4 is 5.32 Å². The van der Waals surface area contributed by atoms with Gasteiger partial charge in [-0.25, -0.2) is 0 Å². The maximum atomic E-state index is 12.6. The molecule has 1 N–H and O–H groups in total. The van der Waals surface area contributed by atoms with Gasteiger partial charge in [0.15, 0.2) is 5.78 Å². The lowest BCUT2D eigenvalue weighted by molar-refractivity contribution is -0.384. The van der Waals surface area contributed by atoms with Crippen LogP contribution in [0.2, 0.25) is 0 Å². The average Bonchev–Trinajstić information content (AvgIpc) is 3.37. The van der Waals surface area contributed by atoms with Gasteiger partial charge in [0, 0.05) is 29.9 Å². The summed E-state index contributed by atoms with van der Waals surface area (Å²) < 4.78 is 0. The summed E-state index contributed by atoms with van der Waals surface area (Å²) in [5.41, 5.74) is 1.46. The van der Waals surface area contributed by atoms with Crippen molar-refractivity contribution in [2.24, 2.45) is 5.92 Å². The molecule has 0 spiro atoms. The van der Waals surface area contributed by atoms with E-state index >= 15 is 0 Å². The second kappa shape index (κ2) is 5.97. The van der Waals surface area contributed by atoms with Gasteiger partial charge in [-0.2, -0.15) is 0 Å². The third kappa shape index (κ3) is 3.14. The minimum absolute atomic E-state index is 0.0729. The normalized spacial score (nSPS) is 13.6. The van der Waals surface area contributed by atoms with Gasteiger partial charge in [0.25, 0.3) is 5.69 Å². The molecule has 112 valence electrons. The van der Waals surface area contributed by atoms with E-state index in [2.05, 4.69) is 5.32 Å². The molecule has 5 nitrogen and oxygen atoms in total. The zero-order chi connectivity index (χ0) is 15.5. The summed E-state index contributed by atoms with van der Waals surface area (Å²) in [6.45, 7) is 0.798. The number of rotatable bonds is 6. The van der Waals surface area contributed by atoms with E-state index in [0.29, 0.717) is 22.7 Å². The van der Waals surface area contributed by atoms with Gasteiger partial charge < -0.3 is 5.32 Å². The molecule has 22 heavy (non-hydrogen) atoms. The summed E-state index contributed by atoms with van der Waals surface area (Å²) in [5.74, 6) is 0.442. The van der Waals surface area contributed by atoms with E-state index in [1.54, 1.807) is 30.3 Å². The third-order valence-corrected chi connectivity index (χ3v) is 3.77. The lowest BCUT2D eigenvalue weighted by Crippen LogP contribution is -2.10. The second-order valence-corrected chi connectivity index (χ2v) is 5.51. The van der Waals surface area contributed by atoms with Gasteiger partial charge in [0.1, 0.15) is 0 Å². The molecule has 5 heteroatoms. The summed E-state index contributed by atoms with van der Waals surface area (Å²) in [5, 5.41) is 14.2. The summed E-state index contributed by atoms with van der Waals surface area (Å²) >= 11 is 0. The van der Waals surface area contributed by atoms with Gasteiger partial charge in [0.05, 0.1) is 10.5 Å². The number of anilines is 1. The van der Waals surface area contributed by atoms with Gasteiger partial charge in [-0.1, -0.05) is 30.3 Å². The van der Waals surface area contributed by atoms with Crippen LogP contribution in [0.1, 0.15) is 28.8 Å². The smallest absolute Gasteiger partial charge is 0.270 e. The molecule has 0 bridgehead atoms. The van der Waals surface area contributed by atoms with Crippen LogP contribution in [0.3, 0.4) is 0 Å². The van der Waals surface area contributed by atoms with E-state index in [1.165, 1.54) is 25.0 Å². The van der Waals surface area contributed by atoms with Crippen LogP contribution >= 0.6 is 0 Å². The molecule has 0 aliphatic heterocycles. The number of hydrogen-bond acceptors (Lipinski definition) is 4. The molecule has 1 fully saturated rings. The first kappa shape index (κ1) is 14.3. The third-order valence-electron chi connectivity index (χ3n) is 3.77. The highest BCUT2D eigenvalue weighted by molar-refractivity contribution is 6.12. The van der Waals surface area contributed by atoms with Crippen molar-refractivity contribution < 1.29 is 9.72 Å². The van der Waals surface area contributed by atoms with Crippen molar-refractivity contribution in [1.82, 2.24) is 0 Å². The fourth-order valence-electron chi connectivity index (χ4n) is 2.31. The number of carbonyl (C=O) groups excluding carboxylic acids is 1. The Morgan fingerprint density at radius 2 is 1.91 bits per heavy atom. The number of nitro groups is 1. The van der Waals surface area contributed by atoms with Crippen molar-refractivity contribution in [3.8, 4) is 0 Å². The molecule has 1 aliphatic rings. The molecule has 1 saturated carbocycles. The number of hydrogen-bond donors (Lipinski definition) is 1. The molecule has 2 aromatic carbocycles. The minimum atomic E-state index is -0.480. The predicted octanol–water partition coefficient (Wildman–Crippen LogP) is 3.65. The van der Waals surface area contributed by atoms with Crippen LogP contribution in [-0.4, -0.2) is 17.3 Å². The van der Waals surface area contributed by atoms with Crippen molar-refractivity contribution in [3.63, 3.8) is 0 Å². The summed E-state index contributed by atoms with van der Waals surface area (Å²) in [6.07, 6.45) is 2.39. The highest BCUT2D eigenvalue weighted by atomic mass is 16.6. The quantitative estimate of drug-likeness (QED) is 0.502. The van der Waals surface area contributed by atoms with E-state index in [-0.39, 0.29) is 11.5 Å². The number of carbonyl (C=O) groups is 1. The highest BCUT2D eigenvalue weighted by Crippen LogP contribution is 2.31. The second-order valence-electron chi connectivity index (χ2n) is 5.51. The Morgan fingerprint density at radius 3 is 2.55 bits per heavy atom. The lowest BCUT2D eigenvalue weighted by Gasteiger charge is -2.11. The fraction of sp³-hybridized carbons (Fsp3) is 0.235. The molecular formula is C17H16N2O3. The van der Waals surface area contributed by atoms with Gasteiger partial charge >= 0.3 is 0 Å². The van der Waals surface area contributed by atoms with Gasteiger partial charge in [-0.3, -0.25) is 14.9 Å². The van der Waals surface area contributed by atoms with Gasteiger partial charge in [-0.15, -0.1) is 0 Å². The standard InChI is InChI=1S/C17H16N2O3/c20-17(13-4-2-1-3-5-13)15-10-14(19(21)22)8-9-16(15)18-11-12-6-7-12/h1-5,8-10,12,18H,6-7,11H2. The lowest BCUT2D eigenvalue weighted by atomic mass is 10.0. The first-order chi connectivity index (χ1) is 10.6. The molecule has 1 aliphatic carbocycles. The number of benzene rings is 2. The van der Waals surface area contributed by atoms with Crippen LogP contribution in [0.25, 0.3) is 0 Å². The first-order valence-electron chi connectivity index (χ1n) is 7.27. The monoisotopic (exact) mass is 296 g/mol. The Morgan fingerprint density at radius 1 is 1.18 bits per heavy atom. The molecule has 0 unspecified atom stereocenters. The van der Waals surface area contributed by atoms with Crippen molar-refractivity contribution >= 4 is 17.2 Å². The maximum absolute atomic E-state index is 12.6. The van der Waals surface area contributed by atoms with E-state index in [9.17, 15) is 14.9 Å². The van der Waals surface area contributed by atoms with E-state index in [4.69, 9.17) is 0 Å². The van der Waals surface area contributed by atoms with Crippen LogP contribution in [0.15, 0.2) is 48.5 Å². The molecule has 0 heterocycles. The van der Waals surface area contributed by atoms with Crippen LogP contribution in [0, 0.1) is 16.0 Å². The Hall–Kier alpha value is -2.69. The summed E-state index contributed by atoms with van der Waals surface area (Å²) in [7, 11) is 0. The van der Waals surface area contributed by atoms with Gasteiger partial charge in [0.2, 0.25) is 0 Å². The number of nitrogens with zero attached hydrogens (tertiary/aromatic N) is 1. The number of ketones is 1. The summed E-state index contributed by atoms with van der Waals surface area (Å²) in [4.78, 5) is 23.1. The molecular weight excluding hydrogens is 280 g/mol. The van der Waals surface area contributed by atoms with Crippen LogP contribution in [0.4, 0.5) is 11.4 Å². The van der Waals surface area contributed by atoms with E-state index < -0.39 is 4.92 Å². The van der Waals surface area contributed by atoms with Crippen molar-refractivity contribution in [2.45, 2.75) is 12.8 Å². The number of non-ortho nitro benzene ring substituents is 1. The highest BCUT2D eigenvalue weighted by Gasteiger charge is 2.23. The van der Waals surface area contributed by atoms with Crippen molar-refractivity contribution in [3.05, 3.63) is 69.8 Å². The zero-order valence-corrected chi connectivity index (χ0v) is 12.0. The Bertz CT molecular complexity index is 709. The SMILES string of the molecule is O=C(c1ccccc1)c1cc([N+](=O)[O-])ccc1NCC1CC1. The molecule has 0 atom stereocenters. The Labute approximate surface area is 128 Å². The van der Waals surface area contributed by atoms with Crippen LogP contribution in [-0.2, 0) is 0 Å². The first-order valence-corrected chi connectivity index (χ1v) is 7.27. The van der Waals surface area contributed by atoms with Crippen molar-refractivity contribution in [1.29, 1.82) is 0 Å². The summed E-state index contributed by atoms with van der Waals surface area (Å²) in [6, 6.07) is 13.2. The van der Waals surface area contributed by atoms with Crippen LogP contribution in [0.5, 0.6) is 0 Å². The molecule has 0 amide bonds. The molecule has 0 saturated heterocycles. The zero-order valence-electron chi connectivity index (χ0n) is 12.0. The average molecular weight is 296 g/mol. The topological polar surface area (TPSA) is 72.2 Å². The fourth-order valence-corrected chi connectivity index (χ4v) is 2.31. The maximum Gasteiger partial charge on any atom is 0.270 e. The number of nitro benzene ring substituents is 1. The molecule has 2 aromatic rings. The predicted molar refractivity (Wildman–Crippen MR) is 84.2 cm³/mol. The van der Waals surface area contributed by atoms with E-state index in [1.807, 2.05) is 6.07 Å². The number of nitrogens with one attached hydrogen (secondary N) is 1. The van der Waals surface area contributed by atoms with Crippen molar-refractivity contribution in [2.75, 3.05) is 11.9 Å². The molecule has 3 rings (SSSR count). The largest absolute Gasteiger partial charge is 0.384 e. The van der Waals surface area contributed by atoms with Gasteiger partial charge in [-0.05, 0) is 24.8 Å².